The van der Waals surface area contributed by atoms with Crippen LogP contribution in [-0.4, -0.2) is 47.0 Å². The number of hydrogen-bond donors (Lipinski definition) is 1. The van der Waals surface area contributed by atoms with Gasteiger partial charge in [-0.05, 0) is 12.8 Å². The highest BCUT2D eigenvalue weighted by Gasteiger charge is 2.36. The lowest BCUT2D eigenvalue weighted by Gasteiger charge is -2.31. The highest BCUT2D eigenvalue weighted by Crippen LogP contribution is 2.16. The van der Waals surface area contributed by atoms with E-state index < -0.39 is 18.1 Å². The third-order valence-corrected chi connectivity index (χ3v) is 2.66. The maximum Gasteiger partial charge on any atom is 0.410 e. The first-order valence-corrected chi connectivity index (χ1v) is 5.74. The molecule has 1 atom stereocenters. The van der Waals surface area contributed by atoms with E-state index >= 15 is 0 Å². The summed E-state index contributed by atoms with van der Waals surface area (Å²) in [5, 5.41) is 8.95. The molecule has 1 saturated heterocycles. The topological polar surface area (TPSA) is 83.9 Å². The van der Waals surface area contributed by atoms with Crippen molar-refractivity contribution >= 4 is 17.8 Å². The van der Waals surface area contributed by atoms with Gasteiger partial charge < -0.3 is 9.84 Å². The van der Waals surface area contributed by atoms with Crippen LogP contribution in [0, 0.1) is 0 Å². The van der Waals surface area contributed by atoms with Gasteiger partial charge in [0, 0.05) is 6.42 Å². The molecule has 1 rings (SSSR count). The molecular weight excluding hydrogens is 226 g/mol. The number of nitrogens with zero attached hydrogens (tertiary/aromatic N) is 1. The Labute approximate surface area is 99.5 Å². The molecule has 0 saturated carbocycles. The maximum atomic E-state index is 11.6. The van der Waals surface area contributed by atoms with Gasteiger partial charge in [0.2, 0.25) is 0 Å². The molecule has 6 nitrogen and oxygen atoms in total. The second kappa shape index (κ2) is 6.22. The van der Waals surface area contributed by atoms with Crippen LogP contribution in [0.5, 0.6) is 0 Å². The summed E-state index contributed by atoms with van der Waals surface area (Å²) in [7, 11) is 0. The van der Waals surface area contributed by atoms with Crippen molar-refractivity contribution in [1.82, 2.24) is 4.90 Å². The largest absolute Gasteiger partial charge is 0.480 e. The standard InChI is InChI=1S/C11H17NO5/c1-2-3-6-17-11(16)12-7-8(13)4-5-9(12)10(14)15/h9H,2-7H2,1H3,(H,14,15). The molecule has 1 fully saturated rings. The summed E-state index contributed by atoms with van der Waals surface area (Å²) in [6, 6.07) is -0.943. The highest BCUT2D eigenvalue weighted by atomic mass is 16.6. The zero-order valence-electron chi connectivity index (χ0n) is 9.85. The number of hydrogen-bond acceptors (Lipinski definition) is 4. The Balaban J connectivity index is 2.59. The van der Waals surface area contributed by atoms with Gasteiger partial charge in [-0.2, -0.15) is 0 Å². The van der Waals surface area contributed by atoms with Crippen molar-refractivity contribution in [3.63, 3.8) is 0 Å². The van der Waals surface area contributed by atoms with Gasteiger partial charge >= 0.3 is 12.1 Å². The van der Waals surface area contributed by atoms with Crippen LogP contribution < -0.4 is 0 Å². The summed E-state index contributed by atoms with van der Waals surface area (Å²) in [4.78, 5) is 34.8. The summed E-state index contributed by atoms with van der Waals surface area (Å²) in [5.74, 6) is -1.22. The zero-order chi connectivity index (χ0) is 12.8. The first kappa shape index (κ1) is 13.5. The molecule has 1 heterocycles. The Morgan fingerprint density at radius 1 is 1.53 bits per heavy atom. The fourth-order valence-corrected chi connectivity index (χ4v) is 1.67. The van der Waals surface area contributed by atoms with Gasteiger partial charge in [-0.1, -0.05) is 13.3 Å². The Kier molecular flexibility index (Phi) is 4.93. The van der Waals surface area contributed by atoms with Crippen LogP contribution in [-0.2, 0) is 14.3 Å². The molecule has 1 aliphatic rings. The number of carbonyl (C=O) groups excluding carboxylic acids is 2. The van der Waals surface area contributed by atoms with E-state index in [0.717, 1.165) is 17.7 Å². The molecule has 1 N–H and O–H groups in total. The number of piperidine rings is 1. The number of rotatable bonds is 4. The van der Waals surface area contributed by atoms with Crippen LogP contribution >= 0.6 is 0 Å². The summed E-state index contributed by atoms with van der Waals surface area (Å²) in [6.07, 6.45) is 1.27. The van der Waals surface area contributed by atoms with E-state index in [1.54, 1.807) is 0 Å². The second-order valence-electron chi connectivity index (χ2n) is 4.03. The van der Waals surface area contributed by atoms with Crippen LogP contribution in [0.3, 0.4) is 0 Å². The Bertz CT molecular complexity index is 315. The van der Waals surface area contributed by atoms with Crippen LogP contribution in [0.25, 0.3) is 0 Å². The first-order chi connectivity index (χ1) is 8.06. The number of amides is 1. The van der Waals surface area contributed by atoms with Gasteiger partial charge in [-0.3, -0.25) is 9.69 Å². The van der Waals surface area contributed by atoms with Crippen LogP contribution in [0.2, 0.25) is 0 Å². The average Bonchev–Trinajstić information content (AvgIpc) is 2.28. The van der Waals surface area contributed by atoms with E-state index in [2.05, 4.69) is 0 Å². The Morgan fingerprint density at radius 2 is 2.24 bits per heavy atom. The van der Waals surface area contributed by atoms with Gasteiger partial charge in [0.1, 0.15) is 6.04 Å². The molecule has 0 aromatic heterocycles. The van der Waals surface area contributed by atoms with E-state index in [1.165, 1.54) is 0 Å². The smallest absolute Gasteiger partial charge is 0.410 e. The molecule has 0 aromatic rings. The van der Waals surface area contributed by atoms with Crippen LogP contribution in [0.1, 0.15) is 32.6 Å². The average molecular weight is 243 g/mol. The zero-order valence-corrected chi connectivity index (χ0v) is 9.85. The van der Waals surface area contributed by atoms with Crippen molar-refractivity contribution in [2.24, 2.45) is 0 Å². The fraction of sp³-hybridized carbons (Fsp3) is 0.727. The quantitative estimate of drug-likeness (QED) is 0.746. The number of likely N-dealkylation sites (tertiary alicyclic amines) is 1. The van der Waals surface area contributed by atoms with Gasteiger partial charge in [-0.15, -0.1) is 0 Å². The predicted octanol–water partition coefficient (Wildman–Crippen LogP) is 1.04. The monoisotopic (exact) mass is 243 g/mol. The second-order valence-corrected chi connectivity index (χ2v) is 4.03. The minimum absolute atomic E-state index is 0.130. The first-order valence-electron chi connectivity index (χ1n) is 5.74. The van der Waals surface area contributed by atoms with Crippen molar-refractivity contribution in [2.45, 2.75) is 38.6 Å². The number of carbonyl (C=O) groups is 3. The molecule has 6 heteroatoms. The number of carboxylic acid groups (broad SMARTS) is 1. The third kappa shape index (κ3) is 3.72. The van der Waals surface area contributed by atoms with Crippen molar-refractivity contribution < 1.29 is 24.2 Å². The minimum Gasteiger partial charge on any atom is -0.480 e. The number of carboxylic acids is 1. The molecule has 1 aliphatic heterocycles. The van der Waals surface area contributed by atoms with E-state index in [1.807, 2.05) is 6.92 Å². The fourth-order valence-electron chi connectivity index (χ4n) is 1.67. The molecule has 96 valence electrons. The van der Waals surface area contributed by atoms with Gasteiger partial charge in [0.15, 0.2) is 5.78 Å². The predicted molar refractivity (Wildman–Crippen MR) is 58.6 cm³/mol. The van der Waals surface area contributed by atoms with Crippen molar-refractivity contribution in [3.8, 4) is 0 Å². The Hall–Kier alpha value is -1.59. The SMILES string of the molecule is CCCCOC(=O)N1CC(=O)CCC1C(=O)O. The molecule has 0 spiro atoms. The lowest BCUT2D eigenvalue weighted by Crippen LogP contribution is -2.51. The summed E-state index contributed by atoms with van der Waals surface area (Å²) < 4.78 is 4.92. The van der Waals surface area contributed by atoms with Gasteiger partial charge in [-0.25, -0.2) is 9.59 Å². The molecule has 0 radical (unpaired) electrons. The van der Waals surface area contributed by atoms with Gasteiger partial charge in [0.05, 0.1) is 13.2 Å². The van der Waals surface area contributed by atoms with E-state index in [4.69, 9.17) is 9.84 Å². The number of ether oxygens (including phenoxy) is 1. The van der Waals surface area contributed by atoms with Crippen LogP contribution in [0.4, 0.5) is 4.79 Å². The van der Waals surface area contributed by atoms with Gasteiger partial charge in [0.25, 0.3) is 0 Å². The lowest BCUT2D eigenvalue weighted by atomic mass is 10.0. The van der Waals surface area contributed by atoms with E-state index in [-0.39, 0.29) is 31.8 Å². The van der Waals surface area contributed by atoms with Crippen molar-refractivity contribution in [3.05, 3.63) is 0 Å². The molecular formula is C11H17NO5. The molecule has 1 amide bonds. The minimum atomic E-state index is -1.09. The number of ketones is 1. The molecule has 0 aliphatic carbocycles. The lowest BCUT2D eigenvalue weighted by molar-refractivity contribution is -0.145. The van der Waals surface area contributed by atoms with Crippen molar-refractivity contribution in [1.29, 1.82) is 0 Å². The number of Topliss-reactive ketones (excluding diaryl/α,β-unsaturated/α-hetero) is 1. The van der Waals surface area contributed by atoms with E-state index in [0.29, 0.717) is 0 Å². The summed E-state index contributed by atoms with van der Waals surface area (Å²) in [6.45, 7) is 2.05. The van der Waals surface area contributed by atoms with Crippen LogP contribution in [0.15, 0.2) is 0 Å². The highest BCUT2D eigenvalue weighted by molar-refractivity contribution is 5.89. The van der Waals surface area contributed by atoms with Crippen molar-refractivity contribution in [2.75, 3.05) is 13.2 Å². The Morgan fingerprint density at radius 3 is 2.82 bits per heavy atom. The number of aliphatic carboxylic acids is 1. The normalized spacial score (nSPS) is 20.2. The molecule has 1 unspecified atom stereocenters. The maximum absolute atomic E-state index is 11.6. The summed E-state index contributed by atoms with van der Waals surface area (Å²) in [5.41, 5.74) is 0. The molecule has 0 aromatic carbocycles. The molecule has 17 heavy (non-hydrogen) atoms. The third-order valence-electron chi connectivity index (χ3n) is 2.66. The summed E-state index contributed by atoms with van der Waals surface area (Å²) >= 11 is 0. The number of unbranched alkanes of at least 4 members (excludes halogenated alkanes) is 1. The molecule has 0 bridgehead atoms. The van der Waals surface area contributed by atoms with E-state index in [9.17, 15) is 14.4 Å².